The summed E-state index contributed by atoms with van der Waals surface area (Å²) in [7, 11) is 0. The van der Waals surface area contributed by atoms with Gasteiger partial charge >= 0.3 is 0 Å². The SMILES string of the molecule is CCN1CCN(CC)C1(CC)CC. The summed E-state index contributed by atoms with van der Waals surface area (Å²) in [5, 5.41) is 0. The van der Waals surface area contributed by atoms with Gasteiger partial charge in [-0.2, -0.15) is 0 Å². The molecule has 2 nitrogen and oxygen atoms in total. The molecule has 0 aromatic heterocycles. The zero-order valence-electron chi connectivity index (χ0n) is 9.64. The van der Waals surface area contributed by atoms with Crippen LogP contribution in [0.3, 0.4) is 0 Å². The van der Waals surface area contributed by atoms with Crippen molar-refractivity contribution in [3.8, 4) is 0 Å². The molecule has 0 spiro atoms. The van der Waals surface area contributed by atoms with Gasteiger partial charge in [0.2, 0.25) is 0 Å². The van der Waals surface area contributed by atoms with E-state index in [9.17, 15) is 0 Å². The van der Waals surface area contributed by atoms with Crippen LogP contribution in [0, 0.1) is 0 Å². The summed E-state index contributed by atoms with van der Waals surface area (Å²) in [4.78, 5) is 5.27. The number of hydrogen-bond acceptors (Lipinski definition) is 2. The first-order valence-corrected chi connectivity index (χ1v) is 5.75. The van der Waals surface area contributed by atoms with E-state index in [0.29, 0.717) is 5.66 Å². The summed E-state index contributed by atoms with van der Waals surface area (Å²) in [6.07, 6.45) is 2.51. The van der Waals surface area contributed by atoms with Gasteiger partial charge in [-0.15, -0.1) is 0 Å². The van der Waals surface area contributed by atoms with Crippen molar-refractivity contribution < 1.29 is 0 Å². The van der Waals surface area contributed by atoms with Gasteiger partial charge in [0, 0.05) is 13.1 Å². The fraction of sp³-hybridized carbons (Fsp3) is 1.00. The van der Waals surface area contributed by atoms with Crippen LogP contribution in [0.4, 0.5) is 0 Å². The Morgan fingerprint density at radius 1 is 0.846 bits per heavy atom. The van der Waals surface area contributed by atoms with E-state index in [2.05, 4.69) is 37.5 Å². The summed E-state index contributed by atoms with van der Waals surface area (Å²) in [6, 6.07) is 0. The third-order valence-electron chi connectivity index (χ3n) is 3.71. The van der Waals surface area contributed by atoms with Gasteiger partial charge in [0.15, 0.2) is 0 Å². The maximum Gasteiger partial charge on any atom is 0.0733 e. The highest BCUT2D eigenvalue weighted by Crippen LogP contribution is 2.32. The van der Waals surface area contributed by atoms with Gasteiger partial charge in [0.05, 0.1) is 5.66 Å². The molecule has 0 aromatic carbocycles. The minimum Gasteiger partial charge on any atom is -0.284 e. The molecular weight excluding hydrogens is 160 g/mol. The van der Waals surface area contributed by atoms with E-state index in [-0.39, 0.29) is 0 Å². The summed E-state index contributed by atoms with van der Waals surface area (Å²) in [6.45, 7) is 14.1. The standard InChI is InChI=1S/C11H24N2/c1-5-11(6-2)12(7-3)9-10-13(11)8-4/h5-10H2,1-4H3. The Hall–Kier alpha value is -0.0800. The number of rotatable bonds is 4. The third-order valence-corrected chi connectivity index (χ3v) is 3.71. The van der Waals surface area contributed by atoms with Crippen LogP contribution >= 0.6 is 0 Å². The first-order chi connectivity index (χ1) is 6.25. The van der Waals surface area contributed by atoms with Gasteiger partial charge in [-0.25, -0.2) is 0 Å². The van der Waals surface area contributed by atoms with Crippen LogP contribution in [0.15, 0.2) is 0 Å². The number of hydrogen-bond donors (Lipinski definition) is 0. The largest absolute Gasteiger partial charge is 0.284 e. The van der Waals surface area contributed by atoms with Crippen molar-refractivity contribution in [2.24, 2.45) is 0 Å². The van der Waals surface area contributed by atoms with Crippen LogP contribution in [0.25, 0.3) is 0 Å². The minimum atomic E-state index is 0.378. The van der Waals surface area contributed by atoms with Crippen LogP contribution in [-0.4, -0.2) is 41.6 Å². The number of likely N-dealkylation sites (N-methyl/N-ethyl adjacent to an activating group) is 2. The number of nitrogens with zero attached hydrogens (tertiary/aromatic N) is 2. The molecule has 0 amide bonds. The molecule has 0 unspecified atom stereocenters. The molecule has 0 aromatic rings. The van der Waals surface area contributed by atoms with Gasteiger partial charge in [-0.05, 0) is 25.9 Å². The van der Waals surface area contributed by atoms with Gasteiger partial charge < -0.3 is 0 Å². The van der Waals surface area contributed by atoms with Crippen LogP contribution < -0.4 is 0 Å². The van der Waals surface area contributed by atoms with Crippen LogP contribution in [0.5, 0.6) is 0 Å². The predicted octanol–water partition coefficient (Wildman–Crippen LogP) is 2.16. The monoisotopic (exact) mass is 184 g/mol. The minimum absolute atomic E-state index is 0.378. The maximum absolute atomic E-state index is 2.64. The zero-order valence-corrected chi connectivity index (χ0v) is 9.64. The summed E-state index contributed by atoms with van der Waals surface area (Å²) < 4.78 is 0. The molecule has 0 atom stereocenters. The first kappa shape index (κ1) is 11.0. The highest BCUT2D eigenvalue weighted by Gasteiger charge is 2.42. The van der Waals surface area contributed by atoms with E-state index in [1.807, 2.05) is 0 Å². The molecule has 1 aliphatic heterocycles. The molecule has 1 rings (SSSR count). The average Bonchev–Trinajstić information content (AvgIpc) is 2.55. The molecule has 0 bridgehead atoms. The van der Waals surface area contributed by atoms with Gasteiger partial charge in [0.25, 0.3) is 0 Å². The van der Waals surface area contributed by atoms with E-state index in [1.165, 1.54) is 39.0 Å². The lowest BCUT2D eigenvalue weighted by molar-refractivity contribution is 0.0121. The quantitative estimate of drug-likeness (QED) is 0.660. The van der Waals surface area contributed by atoms with E-state index < -0.39 is 0 Å². The third kappa shape index (κ3) is 1.62. The van der Waals surface area contributed by atoms with Crippen molar-refractivity contribution in [2.75, 3.05) is 26.2 Å². The van der Waals surface area contributed by atoms with Crippen LogP contribution in [0.2, 0.25) is 0 Å². The molecule has 1 fully saturated rings. The molecule has 0 N–H and O–H groups in total. The van der Waals surface area contributed by atoms with E-state index in [4.69, 9.17) is 0 Å². The second-order valence-corrected chi connectivity index (χ2v) is 3.85. The highest BCUT2D eigenvalue weighted by atomic mass is 15.5. The Labute approximate surface area is 82.9 Å². The average molecular weight is 184 g/mol. The molecule has 0 aliphatic carbocycles. The first-order valence-electron chi connectivity index (χ1n) is 5.75. The van der Waals surface area contributed by atoms with Gasteiger partial charge in [-0.3, -0.25) is 9.80 Å². The fourth-order valence-corrected chi connectivity index (χ4v) is 2.91. The Morgan fingerprint density at radius 3 is 1.46 bits per heavy atom. The smallest absolute Gasteiger partial charge is 0.0733 e. The van der Waals surface area contributed by atoms with Crippen molar-refractivity contribution >= 4 is 0 Å². The molecule has 1 aliphatic rings. The topological polar surface area (TPSA) is 6.48 Å². The Kier molecular flexibility index (Phi) is 3.74. The Morgan fingerprint density at radius 2 is 1.23 bits per heavy atom. The van der Waals surface area contributed by atoms with Gasteiger partial charge in [-0.1, -0.05) is 27.7 Å². The van der Waals surface area contributed by atoms with Crippen molar-refractivity contribution in [3.63, 3.8) is 0 Å². The normalized spacial score (nSPS) is 24.0. The highest BCUT2D eigenvalue weighted by molar-refractivity contribution is 4.93. The van der Waals surface area contributed by atoms with Crippen molar-refractivity contribution in [1.82, 2.24) is 9.80 Å². The lowest BCUT2D eigenvalue weighted by Crippen LogP contribution is -2.52. The summed E-state index contributed by atoms with van der Waals surface area (Å²) in [5.41, 5.74) is 0.378. The summed E-state index contributed by atoms with van der Waals surface area (Å²) >= 11 is 0. The molecule has 0 radical (unpaired) electrons. The molecule has 1 saturated heterocycles. The lowest BCUT2D eigenvalue weighted by atomic mass is 10.0. The fourth-order valence-electron chi connectivity index (χ4n) is 2.91. The van der Waals surface area contributed by atoms with Crippen molar-refractivity contribution in [2.45, 2.75) is 46.2 Å². The van der Waals surface area contributed by atoms with Crippen LogP contribution in [-0.2, 0) is 0 Å². The second kappa shape index (κ2) is 4.43. The molecular formula is C11H24N2. The van der Waals surface area contributed by atoms with Crippen molar-refractivity contribution in [3.05, 3.63) is 0 Å². The molecule has 2 heteroatoms. The molecule has 1 heterocycles. The van der Waals surface area contributed by atoms with Gasteiger partial charge in [0.1, 0.15) is 0 Å². The predicted molar refractivity (Wildman–Crippen MR) is 57.8 cm³/mol. The van der Waals surface area contributed by atoms with Crippen LogP contribution in [0.1, 0.15) is 40.5 Å². The van der Waals surface area contributed by atoms with E-state index in [1.54, 1.807) is 0 Å². The van der Waals surface area contributed by atoms with E-state index in [0.717, 1.165) is 0 Å². The second-order valence-electron chi connectivity index (χ2n) is 3.85. The molecule has 0 saturated carbocycles. The summed E-state index contributed by atoms with van der Waals surface area (Å²) in [5.74, 6) is 0. The molecule has 78 valence electrons. The van der Waals surface area contributed by atoms with E-state index >= 15 is 0 Å². The lowest BCUT2D eigenvalue weighted by Gasteiger charge is -2.42. The Balaban J connectivity index is 2.81. The van der Waals surface area contributed by atoms with Crippen molar-refractivity contribution in [1.29, 1.82) is 0 Å². The Bertz CT molecular complexity index is 138. The molecule has 13 heavy (non-hydrogen) atoms. The maximum atomic E-state index is 2.64. The zero-order chi connectivity index (χ0) is 9.90.